The zero-order valence-corrected chi connectivity index (χ0v) is 11.2. The second-order valence-electron chi connectivity index (χ2n) is 4.56. The topological polar surface area (TPSA) is 43.8 Å². The molecule has 0 saturated heterocycles. The largest absolute Gasteiger partial charge is 0.383 e. The van der Waals surface area contributed by atoms with E-state index in [1.165, 1.54) is 11.1 Å². The molecule has 3 heteroatoms. The van der Waals surface area contributed by atoms with Crippen molar-refractivity contribution >= 4 is 5.82 Å². The van der Waals surface area contributed by atoms with Crippen LogP contribution in [0.5, 0.6) is 0 Å². The number of allylic oxidation sites excluding steroid dienone is 1. The number of imidazole rings is 1. The molecule has 0 aliphatic heterocycles. The molecule has 1 aromatic carbocycles. The van der Waals surface area contributed by atoms with Crippen LogP contribution in [0.25, 0.3) is 11.3 Å². The lowest BCUT2D eigenvalue weighted by atomic mass is 10.0. The van der Waals surface area contributed by atoms with Crippen LogP contribution < -0.4 is 5.73 Å². The van der Waals surface area contributed by atoms with Crippen LogP contribution in [0.4, 0.5) is 5.82 Å². The van der Waals surface area contributed by atoms with Crippen LogP contribution in [-0.4, -0.2) is 9.55 Å². The molecule has 2 N–H and O–H groups in total. The van der Waals surface area contributed by atoms with Crippen molar-refractivity contribution < 1.29 is 0 Å². The highest BCUT2D eigenvalue weighted by Gasteiger charge is 2.16. The van der Waals surface area contributed by atoms with Gasteiger partial charge < -0.3 is 10.3 Å². The van der Waals surface area contributed by atoms with Gasteiger partial charge in [0.2, 0.25) is 0 Å². The number of nitrogens with two attached hydrogens (primary N) is 1. The van der Waals surface area contributed by atoms with Crippen LogP contribution in [0.2, 0.25) is 0 Å². The first kappa shape index (κ1) is 12.4. The highest BCUT2D eigenvalue weighted by Crippen LogP contribution is 2.31. The molecule has 0 amide bonds. The van der Waals surface area contributed by atoms with Crippen LogP contribution in [0, 0.1) is 20.8 Å². The van der Waals surface area contributed by atoms with Gasteiger partial charge in [-0.15, -0.1) is 6.58 Å². The van der Waals surface area contributed by atoms with Crippen molar-refractivity contribution in [1.29, 1.82) is 0 Å². The number of nitrogens with zero attached hydrogens (tertiary/aromatic N) is 2. The molecule has 0 saturated carbocycles. The Labute approximate surface area is 108 Å². The average Bonchev–Trinajstić information content (AvgIpc) is 2.58. The van der Waals surface area contributed by atoms with Crippen LogP contribution in [0.3, 0.4) is 0 Å². The summed E-state index contributed by atoms with van der Waals surface area (Å²) in [4.78, 5) is 4.61. The van der Waals surface area contributed by atoms with Gasteiger partial charge in [-0.25, -0.2) is 4.98 Å². The van der Waals surface area contributed by atoms with Crippen molar-refractivity contribution in [1.82, 2.24) is 9.55 Å². The summed E-state index contributed by atoms with van der Waals surface area (Å²) in [5.74, 6) is 1.63. The zero-order chi connectivity index (χ0) is 13.3. The number of hydrogen-bond acceptors (Lipinski definition) is 2. The predicted molar refractivity (Wildman–Crippen MR) is 76.5 cm³/mol. The van der Waals surface area contributed by atoms with Gasteiger partial charge in [0.25, 0.3) is 0 Å². The number of anilines is 1. The van der Waals surface area contributed by atoms with Crippen LogP contribution in [0.1, 0.15) is 17.0 Å². The molecule has 2 aromatic rings. The monoisotopic (exact) mass is 241 g/mol. The maximum Gasteiger partial charge on any atom is 0.132 e. The van der Waals surface area contributed by atoms with Gasteiger partial charge >= 0.3 is 0 Å². The third-order valence-corrected chi connectivity index (χ3v) is 3.23. The molecule has 1 heterocycles. The molecular weight excluding hydrogens is 222 g/mol. The van der Waals surface area contributed by atoms with E-state index < -0.39 is 0 Å². The van der Waals surface area contributed by atoms with Crippen molar-refractivity contribution in [2.24, 2.45) is 0 Å². The van der Waals surface area contributed by atoms with Crippen molar-refractivity contribution in [2.75, 3.05) is 5.73 Å². The van der Waals surface area contributed by atoms with Crippen LogP contribution >= 0.6 is 0 Å². The minimum absolute atomic E-state index is 0.690. The first-order valence-electron chi connectivity index (χ1n) is 6.06. The van der Waals surface area contributed by atoms with Crippen LogP contribution in [0.15, 0.2) is 30.9 Å². The van der Waals surface area contributed by atoms with E-state index >= 15 is 0 Å². The molecule has 0 unspecified atom stereocenters. The molecular formula is C15H19N3. The normalized spacial score (nSPS) is 10.6. The average molecular weight is 241 g/mol. The van der Waals surface area contributed by atoms with Crippen LogP contribution in [-0.2, 0) is 6.54 Å². The van der Waals surface area contributed by atoms with Gasteiger partial charge in [0.05, 0.1) is 0 Å². The summed E-state index contributed by atoms with van der Waals surface area (Å²) >= 11 is 0. The lowest BCUT2D eigenvalue weighted by Crippen LogP contribution is -2.03. The Bertz CT molecular complexity index is 574. The van der Waals surface area contributed by atoms with E-state index in [0.29, 0.717) is 12.4 Å². The highest BCUT2D eigenvalue weighted by molar-refractivity contribution is 5.76. The Kier molecular flexibility index (Phi) is 3.24. The summed E-state index contributed by atoms with van der Waals surface area (Å²) < 4.78 is 1.98. The fraction of sp³-hybridized carbons (Fsp3) is 0.267. The Morgan fingerprint density at radius 1 is 1.28 bits per heavy atom. The lowest BCUT2D eigenvalue weighted by molar-refractivity contribution is 0.792. The van der Waals surface area contributed by atoms with Gasteiger partial charge in [0, 0.05) is 12.1 Å². The molecule has 3 nitrogen and oxygen atoms in total. The van der Waals surface area contributed by atoms with Gasteiger partial charge in [-0.1, -0.05) is 24.3 Å². The minimum Gasteiger partial charge on any atom is -0.383 e. The smallest absolute Gasteiger partial charge is 0.132 e. The van der Waals surface area contributed by atoms with E-state index in [-0.39, 0.29) is 0 Å². The quantitative estimate of drug-likeness (QED) is 0.838. The molecule has 0 aliphatic rings. The van der Waals surface area contributed by atoms with E-state index in [4.69, 9.17) is 5.73 Å². The molecule has 0 bridgehead atoms. The van der Waals surface area contributed by atoms with Crippen molar-refractivity contribution in [3.8, 4) is 11.3 Å². The highest BCUT2D eigenvalue weighted by atomic mass is 15.1. The van der Waals surface area contributed by atoms with Gasteiger partial charge in [-0.2, -0.15) is 0 Å². The number of rotatable bonds is 3. The van der Waals surface area contributed by atoms with E-state index in [1.54, 1.807) is 0 Å². The summed E-state index contributed by atoms with van der Waals surface area (Å²) in [7, 11) is 0. The number of hydrogen-bond donors (Lipinski definition) is 1. The summed E-state index contributed by atoms with van der Waals surface area (Å²) in [6, 6.07) is 6.23. The van der Waals surface area contributed by atoms with Gasteiger partial charge in [-0.05, 0) is 31.9 Å². The molecule has 18 heavy (non-hydrogen) atoms. The number of aryl methyl sites for hydroxylation is 3. The predicted octanol–water partition coefficient (Wildman–Crippen LogP) is 3.24. The first-order chi connectivity index (χ1) is 8.56. The minimum atomic E-state index is 0.690. The van der Waals surface area contributed by atoms with Gasteiger partial charge in [0.1, 0.15) is 17.3 Å². The van der Waals surface area contributed by atoms with Crippen molar-refractivity contribution in [3.05, 3.63) is 47.8 Å². The lowest BCUT2D eigenvalue weighted by Gasteiger charge is -2.08. The van der Waals surface area contributed by atoms with E-state index in [1.807, 2.05) is 17.6 Å². The van der Waals surface area contributed by atoms with Crippen molar-refractivity contribution in [3.63, 3.8) is 0 Å². The second-order valence-corrected chi connectivity index (χ2v) is 4.56. The van der Waals surface area contributed by atoms with E-state index in [2.05, 4.69) is 43.6 Å². The van der Waals surface area contributed by atoms with Gasteiger partial charge in [0.15, 0.2) is 0 Å². The zero-order valence-electron chi connectivity index (χ0n) is 11.2. The number of benzene rings is 1. The summed E-state index contributed by atoms with van der Waals surface area (Å²) in [6.07, 6.45) is 1.83. The maximum absolute atomic E-state index is 6.21. The molecule has 1 aromatic heterocycles. The molecule has 0 atom stereocenters. The summed E-state index contributed by atoms with van der Waals surface area (Å²) in [5.41, 5.74) is 10.6. The Hall–Kier alpha value is -2.03. The Morgan fingerprint density at radius 2 is 1.89 bits per heavy atom. The van der Waals surface area contributed by atoms with E-state index in [0.717, 1.165) is 17.1 Å². The van der Waals surface area contributed by atoms with E-state index in [9.17, 15) is 0 Å². The van der Waals surface area contributed by atoms with Gasteiger partial charge in [-0.3, -0.25) is 0 Å². The first-order valence-corrected chi connectivity index (χ1v) is 6.06. The number of nitrogen functional groups attached to an aromatic ring is 1. The third kappa shape index (κ3) is 1.92. The third-order valence-electron chi connectivity index (χ3n) is 3.23. The summed E-state index contributed by atoms with van der Waals surface area (Å²) in [5, 5.41) is 0. The molecule has 0 fully saturated rings. The number of aromatic nitrogens is 2. The fourth-order valence-electron chi connectivity index (χ4n) is 2.31. The standard InChI is InChI=1S/C15H19N3/c1-5-9-18-12(4)17-14(15(18)16)13-10(2)7-6-8-11(13)3/h5-8H,1,9,16H2,2-4H3. The molecule has 0 spiro atoms. The van der Waals surface area contributed by atoms with Crippen molar-refractivity contribution in [2.45, 2.75) is 27.3 Å². The second kappa shape index (κ2) is 4.69. The SMILES string of the molecule is C=CCn1c(C)nc(-c2c(C)cccc2C)c1N. The maximum atomic E-state index is 6.21. The summed E-state index contributed by atoms with van der Waals surface area (Å²) in [6.45, 7) is 10.6. The molecule has 0 aliphatic carbocycles. The molecule has 94 valence electrons. The molecule has 2 rings (SSSR count). The molecule has 0 radical (unpaired) electrons. The Balaban J connectivity index is 2.65. The fourth-order valence-corrected chi connectivity index (χ4v) is 2.31. The Morgan fingerprint density at radius 3 is 2.44 bits per heavy atom.